The average molecular weight is 309 g/mol. The molecule has 2 aromatic rings. The van der Waals surface area contributed by atoms with Gasteiger partial charge in [-0.15, -0.1) is 0 Å². The second-order valence-electron chi connectivity index (χ2n) is 3.73. The van der Waals surface area contributed by atoms with Crippen molar-refractivity contribution in [1.82, 2.24) is 0 Å². The molecule has 0 saturated carbocycles. The number of benzene rings is 2. The summed E-state index contributed by atoms with van der Waals surface area (Å²) in [5, 5.41) is 9.65. The summed E-state index contributed by atoms with van der Waals surface area (Å²) >= 11 is 3.41. The zero-order valence-corrected chi connectivity index (χ0v) is 11.5. The smallest absolute Gasteiger partial charge is 0.160 e. The minimum absolute atomic E-state index is 0.116. The standard InChI is InChI=1S/C14H13BrO3/c1-17-14-7-6-10(8-12(14)16)9-18-13-5-3-2-4-11(13)15/h2-8,16H,9H2,1H3. The predicted octanol–water partition coefficient (Wildman–Crippen LogP) is 3.74. The third-order valence-electron chi connectivity index (χ3n) is 2.47. The third kappa shape index (κ3) is 2.96. The lowest BCUT2D eigenvalue weighted by molar-refractivity contribution is 0.302. The average Bonchev–Trinajstić information content (AvgIpc) is 2.38. The Morgan fingerprint density at radius 1 is 1.11 bits per heavy atom. The number of hydrogen-bond acceptors (Lipinski definition) is 3. The van der Waals surface area contributed by atoms with Gasteiger partial charge in [0.15, 0.2) is 11.5 Å². The van der Waals surface area contributed by atoms with E-state index in [-0.39, 0.29) is 5.75 Å². The number of aromatic hydroxyl groups is 1. The van der Waals surface area contributed by atoms with Crippen LogP contribution in [-0.4, -0.2) is 12.2 Å². The Bertz CT molecular complexity index is 540. The number of hydrogen-bond donors (Lipinski definition) is 1. The van der Waals surface area contributed by atoms with Crippen LogP contribution in [0.5, 0.6) is 17.2 Å². The van der Waals surface area contributed by atoms with Crippen molar-refractivity contribution in [2.24, 2.45) is 0 Å². The van der Waals surface area contributed by atoms with Gasteiger partial charge in [-0.2, -0.15) is 0 Å². The van der Waals surface area contributed by atoms with Crippen molar-refractivity contribution in [1.29, 1.82) is 0 Å². The lowest BCUT2D eigenvalue weighted by Crippen LogP contribution is -1.96. The molecule has 3 nitrogen and oxygen atoms in total. The molecule has 0 saturated heterocycles. The van der Waals surface area contributed by atoms with E-state index in [0.29, 0.717) is 12.4 Å². The number of methoxy groups -OCH3 is 1. The van der Waals surface area contributed by atoms with Crippen molar-refractivity contribution in [2.75, 3.05) is 7.11 Å². The van der Waals surface area contributed by atoms with Crippen LogP contribution in [0.1, 0.15) is 5.56 Å². The summed E-state index contributed by atoms with van der Waals surface area (Å²) in [5.74, 6) is 1.35. The first-order valence-electron chi connectivity index (χ1n) is 5.44. The summed E-state index contributed by atoms with van der Waals surface area (Å²) < 4.78 is 11.5. The molecule has 0 bridgehead atoms. The molecule has 1 N–H and O–H groups in total. The van der Waals surface area contributed by atoms with Crippen molar-refractivity contribution in [3.8, 4) is 17.2 Å². The highest BCUT2D eigenvalue weighted by Crippen LogP contribution is 2.28. The van der Waals surface area contributed by atoms with E-state index >= 15 is 0 Å². The van der Waals surface area contributed by atoms with Gasteiger partial charge in [0.25, 0.3) is 0 Å². The van der Waals surface area contributed by atoms with Crippen LogP contribution in [0.4, 0.5) is 0 Å². The largest absolute Gasteiger partial charge is 0.504 e. The molecule has 0 spiro atoms. The van der Waals surface area contributed by atoms with Gasteiger partial charge in [-0.25, -0.2) is 0 Å². The normalized spacial score (nSPS) is 10.1. The zero-order chi connectivity index (χ0) is 13.0. The quantitative estimate of drug-likeness (QED) is 0.935. The van der Waals surface area contributed by atoms with Crippen molar-refractivity contribution < 1.29 is 14.6 Å². The number of phenols is 1. The summed E-state index contributed by atoms with van der Waals surface area (Å²) in [7, 11) is 1.52. The van der Waals surface area contributed by atoms with Crippen LogP contribution in [0.25, 0.3) is 0 Å². The predicted molar refractivity (Wildman–Crippen MR) is 73.1 cm³/mol. The highest BCUT2D eigenvalue weighted by Gasteiger charge is 2.04. The van der Waals surface area contributed by atoms with Crippen molar-refractivity contribution in [2.45, 2.75) is 6.61 Å². The molecule has 0 aromatic heterocycles. The molecule has 18 heavy (non-hydrogen) atoms. The van der Waals surface area contributed by atoms with E-state index in [4.69, 9.17) is 9.47 Å². The summed E-state index contributed by atoms with van der Waals surface area (Å²) in [6.45, 7) is 0.389. The molecule has 0 unspecified atom stereocenters. The number of rotatable bonds is 4. The van der Waals surface area contributed by atoms with Crippen LogP contribution in [0.2, 0.25) is 0 Å². The van der Waals surface area contributed by atoms with Gasteiger partial charge < -0.3 is 14.6 Å². The van der Waals surface area contributed by atoms with E-state index in [2.05, 4.69) is 15.9 Å². The van der Waals surface area contributed by atoms with Crippen molar-refractivity contribution in [3.63, 3.8) is 0 Å². The lowest BCUT2D eigenvalue weighted by atomic mass is 10.2. The van der Waals surface area contributed by atoms with E-state index in [9.17, 15) is 5.11 Å². The SMILES string of the molecule is COc1ccc(COc2ccccc2Br)cc1O. The molecule has 0 aliphatic rings. The van der Waals surface area contributed by atoms with Gasteiger partial charge in [-0.05, 0) is 45.8 Å². The Morgan fingerprint density at radius 3 is 2.56 bits per heavy atom. The summed E-state index contributed by atoms with van der Waals surface area (Å²) in [5.41, 5.74) is 0.879. The Hall–Kier alpha value is -1.68. The number of phenolic OH excluding ortho intramolecular Hbond substituents is 1. The summed E-state index contributed by atoms with van der Waals surface area (Å²) in [6, 6.07) is 12.8. The molecule has 0 radical (unpaired) electrons. The van der Waals surface area contributed by atoms with Crippen LogP contribution in [-0.2, 0) is 6.61 Å². The van der Waals surface area contributed by atoms with Crippen LogP contribution in [0, 0.1) is 0 Å². The fraction of sp³-hybridized carbons (Fsp3) is 0.143. The number of halogens is 1. The molecule has 94 valence electrons. The molecule has 0 aliphatic heterocycles. The maximum atomic E-state index is 9.65. The minimum atomic E-state index is 0.116. The molecule has 0 heterocycles. The first kappa shape index (κ1) is 12.8. The maximum Gasteiger partial charge on any atom is 0.160 e. The molecule has 4 heteroatoms. The summed E-state index contributed by atoms with van der Waals surface area (Å²) in [4.78, 5) is 0. The highest BCUT2D eigenvalue weighted by molar-refractivity contribution is 9.10. The molecule has 2 aromatic carbocycles. The van der Waals surface area contributed by atoms with E-state index in [1.807, 2.05) is 30.3 Å². The minimum Gasteiger partial charge on any atom is -0.504 e. The van der Waals surface area contributed by atoms with E-state index in [1.165, 1.54) is 7.11 Å². The van der Waals surface area contributed by atoms with Crippen LogP contribution < -0.4 is 9.47 Å². The van der Waals surface area contributed by atoms with Gasteiger partial charge in [0.2, 0.25) is 0 Å². The topological polar surface area (TPSA) is 38.7 Å². The third-order valence-corrected chi connectivity index (χ3v) is 3.13. The number of para-hydroxylation sites is 1. The first-order valence-corrected chi connectivity index (χ1v) is 6.23. The van der Waals surface area contributed by atoms with E-state index < -0.39 is 0 Å². The molecule has 2 rings (SSSR count). The molecule has 0 atom stereocenters. The lowest BCUT2D eigenvalue weighted by Gasteiger charge is -2.09. The molecule has 0 amide bonds. The Kier molecular flexibility index (Phi) is 4.10. The molecular weight excluding hydrogens is 296 g/mol. The molecule has 0 fully saturated rings. The Morgan fingerprint density at radius 2 is 1.89 bits per heavy atom. The van der Waals surface area contributed by atoms with E-state index in [0.717, 1.165) is 15.8 Å². The van der Waals surface area contributed by atoms with Crippen molar-refractivity contribution in [3.05, 3.63) is 52.5 Å². The summed E-state index contributed by atoms with van der Waals surface area (Å²) in [6.07, 6.45) is 0. The first-order chi connectivity index (χ1) is 8.70. The van der Waals surface area contributed by atoms with Crippen LogP contribution >= 0.6 is 15.9 Å². The van der Waals surface area contributed by atoms with Gasteiger partial charge in [0.05, 0.1) is 11.6 Å². The zero-order valence-electron chi connectivity index (χ0n) is 9.89. The fourth-order valence-electron chi connectivity index (χ4n) is 1.55. The maximum absolute atomic E-state index is 9.65. The Balaban J connectivity index is 2.07. The molecular formula is C14H13BrO3. The van der Waals surface area contributed by atoms with Gasteiger partial charge in [-0.1, -0.05) is 18.2 Å². The van der Waals surface area contributed by atoms with Gasteiger partial charge in [-0.3, -0.25) is 0 Å². The fourth-order valence-corrected chi connectivity index (χ4v) is 1.95. The van der Waals surface area contributed by atoms with Crippen LogP contribution in [0.15, 0.2) is 46.9 Å². The van der Waals surface area contributed by atoms with Crippen LogP contribution in [0.3, 0.4) is 0 Å². The second kappa shape index (κ2) is 5.78. The van der Waals surface area contributed by atoms with E-state index in [1.54, 1.807) is 12.1 Å². The van der Waals surface area contributed by atoms with Crippen molar-refractivity contribution >= 4 is 15.9 Å². The second-order valence-corrected chi connectivity index (χ2v) is 4.58. The monoisotopic (exact) mass is 308 g/mol. The number of ether oxygens (including phenoxy) is 2. The van der Waals surface area contributed by atoms with Gasteiger partial charge in [0.1, 0.15) is 12.4 Å². The Labute approximate surface area is 114 Å². The van der Waals surface area contributed by atoms with Gasteiger partial charge >= 0.3 is 0 Å². The molecule has 0 aliphatic carbocycles. The van der Waals surface area contributed by atoms with Gasteiger partial charge in [0, 0.05) is 0 Å². The highest BCUT2D eigenvalue weighted by atomic mass is 79.9.